The van der Waals surface area contributed by atoms with Crippen molar-refractivity contribution in [2.45, 2.75) is 17.6 Å². The maximum absolute atomic E-state index is 12.3. The molecule has 1 aromatic carbocycles. The van der Waals surface area contributed by atoms with Crippen LogP contribution in [0.3, 0.4) is 0 Å². The molecule has 2 rings (SSSR count). The SMILES string of the molecule is Cc1ccc(N)cc1S(=O)(=O)Cc1ccc(Br)s1. The molecule has 6 heteroatoms. The topological polar surface area (TPSA) is 60.2 Å². The highest BCUT2D eigenvalue weighted by atomic mass is 79.9. The summed E-state index contributed by atoms with van der Waals surface area (Å²) in [6, 6.07) is 8.62. The van der Waals surface area contributed by atoms with E-state index in [1.54, 1.807) is 19.1 Å². The van der Waals surface area contributed by atoms with Gasteiger partial charge in [0.25, 0.3) is 0 Å². The van der Waals surface area contributed by atoms with E-state index in [1.165, 1.54) is 17.4 Å². The van der Waals surface area contributed by atoms with Gasteiger partial charge < -0.3 is 5.73 Å². The number of rotatable bonds is 3. The Bertz CT molecular complexity index is 677. The van der Waals surface area contributed by atoms with E-state index < -0.39 is 9.84 Å². The van der Waals surface area contributed by atoms with E-state index in [2.05, 4.69) is 15.9 Å². The molecule has 0 bridgehead atoms. The average molecular weight is 346 g/mol. The van der Waals surface area contributed by atoms with Crippen LogP contribution in [-0.2, 0) is 15.6 Å². The molecule has 0 fully saturated rings. The molecule has 0 saturated heterocycles. The number of hydrogen-bond donors (Lipinski definition) is 1. The first-order chi connectivity index (χ1) is 8.38. The first kappa shape index (κ1) is 13.6. The number of nitrogen functional groups attached to an aromatic ring is 1. The Labute approximate surface area is 119 Å². The number of thiophene rings is 1. The van der Waals surface area contributed by atoms with E-state index >= 15 is 0 Å². The van der Waals surface area contributed by atoms with Gasteiger partial charge in [0, 0.05) is 10.6 Å². The number of halogens is 1. The molecule has 0 aliphatic carbocycles. The number of benzene rings is 1. The van der Waals surface area contributed by atoms with E-state index in [1.807, 2.05) is 12.1 Å². The minimum Gasteiger partial charge on any atom is -0.399 e. The normalized spacial score (nSPS) is 11.7. The van der Waals surface area contributed by atoms with E-state index in [9.17, 15) is 8.42 Å². The summed E-state index contributed by atoms with van der Waals surface area (Å²) in [5, 5.41) is 0. The van der Waals surface area contributed by atoms with Crippen LogP contribution in [0.5, 0.6) is 0 Å². The third-order valence-corrected chi connectivity index (χ3v) is 6.12. The van der Waals surface area contributed by atoms with Crippen molar-refractivity contribution in [2.24, 2.45) is 0 Å². The van der Waals surface area contributed by atoms with Gasteiger partial charge in [-0.15, -0.1) is 11.3 Å². The highest BCUT2D eigenvalue weighted by Gasteiger charge is 2.19. The van der Waals surface area contributed by atoms with Crippen molar-refractivity contribution >= 4 is 42.8 Å². The van der Waals surface area contributed by atoms with Crippen LogP contribution in [0.4, 0.5) is 5.69 Å². The van der Waals surface area contributed by atoms with Crippen LogP contribution in [-0.4, -0.2) is 8.42 Å². The first-order valence-electron chi connectivity index (χ1n) is 5.21. The maximum Gasteiger partial charge on any atom is 0.183 e. The zero-order valence-electron chi connectivity index (χ0n) is 9.68. The zero-order chi connectivity index (χ0) is 13.3. The van der Waals surface area contributed by atoms with Crippen LogP contribution in [0.2, 0.25) is 0 Å². The molecule has 3 nitrogen and oxygen atoms in total. The van der Waals surface area contributed by atoms with Gasteiger partial charge in [-0.3, -0.25) is 0 Å². The Morgan fingerprint density at radius 2 is 2.00 bits per heavy atom. The number of hydrogen-bond acceptors (Lipinski definition) is 4. The summed E-state index contributed by atoms with van der Waals surface area (Å²) in [4.78, 5) is 1.12. The van der Waals surface area contributed by atoms with Crippen LogP contribution in [0.1, 0.15) is 10.4 Å². The molecule has 0 aliphatic rings. The number of sulfone groups is 1. The van der Waals surface area contributed by atoms with Gasteiger partial charge in [-0.25, -0.2) is 8.42 Å². The second kappa shape index (κ2) is 5.03. The summed E-state index contributed by atoms with van der Waals surface area (Å²) in [7, 11) is -3.34. The van der Waals surface area contributed by atoms with Gasteiger partial charge in [-0.1, -0.05) is 6.07 Å². The third kappa shape index (κ3) is 2.93. The summed E-state index contributed by atoms with van der Waals surface area (Å²) in [5.41, 5.74) is 6.84. The van der Waals surface area contributed by atoms with Gasteiger partial charge in [-0.05, 0) is 52.7 Å². The van der Waals surface area contributed by atoms with Gasteiger partial charge in [0.2, 0.25) is 0 Å². The quantitative estimate of drug-likeness (QED) is 0.867. The largest absolute Gasteiger partial charge is 0.399 e. The van der Waals surface area contributed by atoms with Crippen LogP contribution >= 0.6 is 27.3 Å². The minimum absolute atomic E-state index is 0.00750. The standard InChI is InChI=1S/C12H12BrNO2S2/c1-8-2-3-9(14)6-11(8)18(15,16)7-10-4-5-12(13)17-10/h2-6H,7,14H2,1H3. The van der Waals surface area contributed by atoms with Crippen molar-refractivity contribution in [3.05, 3.63) is 44.6 Å². The van der Waals surface area contributed by atoms with Crippen molar-refractivity contribution in [3.63, 3.8) is 0 Å². The minimum atomic E-state index is -3.34. The lowest BCUT2D eigenvalue weighted by molar-refractivity contribution is 0.595. The molecular weight excluding hydrogens is 334 g/mol. The highest BCUT2D eigenvalue weighted by Crippen LogP contribution is 2.27. The lowest BCUT2D eigenvalue weighted by Gasteiger charge is -2.07. The van der Waals surface area contributed by atoms with Crippen molar-refractivity contribution < 1.29 is 8.42 Å². The third-order valence-electron chi connectivity index (χ3n) is 2.51. The van der Waals surface area contributed by atoms with Crippen molar-refractivity contribution in [2.75, 3.05) is 5.73 Å². The highest BCUT2D eigenvalue weighted by molar-refractivity contribution is 9.11. The molecule has 96 valence electrons. The second-order valence-electron chi connectivity index (χ2n) is 3.99. The Balaban J connectivity index is 2.39. The lowest BCUT2D eigenvalue weighted by Crippen LogP contribution is -2.06. The van der Waals surface area contributed by atoms with Crippen LogP contribution < -0.4 is 5.73 Å². The van der Waals surface area contributed by atoms with Crippen molar-refractivity contribution in [3.8, 4) is 0 Å². The molecule has 0 spiro atoms. The molecule has 0 saturated carbocycles. The smallest absolute Gasteiger partial charge is 0.183 e. The van der Waals surface area contributed by atoms with Crippen LogP contribution in [0.25, 0.3) is 0 Å². The van der Waals surface area contributed by atoms with E-state index in [-0.39, 0.29) is 5.75 Å². The van der Waals surface area contributed by atoms with E-state index in [4.69, 9.17) is 5.73 Å². The number of nitrogens with two attached hydrogens (primary N) is 1. The maximum atomic E-state index is 12.3. The van der Waals surface area contributed by atoms with Crippen molar-refractivity contribution in [1.29, 1.82) is 0 Å². The molecule has 0 aliphatic heterocycles. The fraction of sp³-hybridized carbons (Fsp3) is 0.167. The van der Waals surface area contributed by atoms with E-state index in [0.717, 1.165) is 14.2 Å². The van der Waals surface area contributed by atoms with Gasteiger partial charge in [0.15, 0.2) is 9.84 Å². The Hall–Kier alpha value is -0.850. The molecule has 1 heterocycles. The molecule has 0 unspecified atom stereocenters. The Kier molecular flexibility index (Phi) is 3.79. The fourth-order valence-electron chi connectivity index (χ4n) is 1.65. The predicted molar refractivity (Wildman–Crippen MR) is 78.5 cm³/mol. The number of aryl methyl sites for hydroxylation is 1. The molecule has 0 radical (unpaired) electrons. The molecular formula is C12H12BrNO2S2. The molecule has 0 amide bonds. The first-order valence-corrected chi connectivity index (χ1v) is 8.48. The Morgan fingerprint density at radius 3 is 2.61 bits per heavy atom. The summed E-state index contributed by atoms with van der Waals surface area (Å²) < 4.78 is 25.6. The van der Waals surface area contributed by atoms with Gasteiger partial charge in [0.1, 0.15) is 0 Å². The fourth-order valence-corrected chi connectivity index (χ4v) is 5.13. The predicted octanol–water partition coefficient (Wildman–Crippen LogP) is 3.38. The second-order valence-corrected chi connectivity index (χ2v) is 8.50. The molecule has 1 aromatic heterocycles. The summed E-state index contributed by atoms with van der Waals surface area (Å²) >= 11 is 4.75. The summed E-state index contributed by atoms with van der Waals surface area (Å²) in [6.45, 7) is 1.77. The molecule has 0 atom stereocenters. The zero-order valence-corrected chi connectivity index (χ0v) is 12.9. The van der Waals surface area contributed by atoms with Gasteiger partial charge >= 0.3 is 0 Å². The van der Waals surface area contributed by atoms with Crippen LogP contribution in [0.15, 0.2) is 39.0 Å². The summed E-state index contributed by atoms with van der Waals surface area (Å²) in [5.74, 6) is 0.00750. The van der Waals surface area contributed by atoms with Gasteiger partial charge in [0.05, 0.1) is 14.4 Å². The van der Waals surface area contributed by atoms with Crippen LogP contribution in [0, 0.1) is 6.92 Å². The number of anilines is 1. The van der Waals surface area contributed by atoms with Crippen molar-refractivity contribution in [1.82, 2.24) is 0 Å². The van der Waals surface area contributed by atoms with E-state index in [0.29, 0.717) is 10.6 Å². The molecule has 2 N–H and O–H groups in total. The average Bonchev–Trinajstić information content (AvgIpc) is 2.66. The monoisotopic (exact) mass is 345 g/mol. The summed E-state index contributed by atoms with van der Waals surface area (Å²) in [6.07, 6.45) is 0. The molecule has 18 heavy (non-hydrogen) atoms. The Morgan fingerprint density at radius 1 is 1.28 bits per heavy atom. The van der Waals surface area contributed by atoms with Gasteiger partial charge in [-0.2, -0.15) is 0 Å². The lowest BCUT2D eigenvalue weighted by atomic mass is 10.2. The molecule has 2 aromatic rings.